The molecule has 6 heteroatoms. The SMILES string of the molecule is Cc1cccc(C)c1CNc1cc(C(=O)N2CCNCC2)cn2c(C)c(C)nc12. The molecule has 152 valence electrons. The van der Waals surface area contributed by atoms with Gasteiger partial charge in [0.15, 0.2) is 5.65 Å². The molecule has 0 saturated carbocycles. The standard InChI is InChI=1S/C23H29N5O/c1-15-6-5-7-16(2)20(15)13-25-21-12-19(23(29)27-10-8-24-9-11-27)14-28-18(4)17(3)26-22(21)28/h5-7,12,14,24-25H,8-11,13H2,1-4H3. The molecule has 1 aliphatic rings. The quantitative estimate of drug-likeness (QED) is 0.717. The van der Waals surface area contributed by atoms with Crippen LogP contribution in [0, 0.1) is 27.7 Å². The molecule has 0 radical (unpaired) electrons. The molecule has 0 spiro atoms. The van der Waals surface area contributed by atoms with Gasteiger partial charge in [0.25, 0.3) is 5.91 Å². The largest absolute Gasteiger partial charge is 0.378 e. The van der Waals surface area contributed by atoms with E-state index in [-0.39, 0.29) is 5.91 Å². The van der Waals surface area contributed by atoms with Gasteiger partial charge in [-0.25, -0.2) is 4.98 Å². The fraction of sp³-hybridized carbons (Fsp3) is 0.391. The normalized spacial score (nSPS) is 14.4. The van der Waals surface area contributed by atoms with Crippen molar-refractivity contribution in [2.75, 3.05) is 31.5 Å². The highest BCUT2D eigenvalue weighted by Crippen LogP contribution is 2.24. The second kappa shape index (κ2) is 7.87. The maximum atomic E-state index is 13.1. The maximum absolute atomic E-state index is 13.1. The molecule has 0 unspecified atom stereocenters. The third kappa shape index (κ3) is 3.72. The number of aryl methyl sites for hydroxylation is 4. The van der Waals surface area contributed by atoms with Crippen LogP contribution in [0.3, 0.4) is 0 Å². The summed E-state index contributed by atoms with van der Waals surface area (Å²) in [5.74, 6) is 0.0780. The molecule has 2 aromatic heterocycles. The Morgan fingerprint density at radius 3 is 2.52 bits per heavy atom. The Hall–Kier alpha value is -2.86. The van der Waals surface area contributed by atoms with Crippen LogP contribution in [0.5, 0.6) is 0 Å². The molecule has 2 N–H and O–H groups in total. The molecular weight excluding hydrogens is 362 g/mol. The van der Waals surface area contributed by atoms with Crippen LogP contribution in [0.15, 0.2) is 30.5 Å². The van der Waals surface area contributed by atoms with Crippen molar-refractivity contribution < 1.29 is 4.79 Å². The molecule has 1 fully saturated rings. The molecular formula is C23H29N5O. The Bertz CT molecular complexity index is 1040. The smallest absolute Gasteiger partial charge is 0.255 e. The number of fused-ring (bicyclic) bond motifs is 1. The second-order valence-corrected chi connectivity index (χ2v) is 7.88. The highest BCUT2D eigenvalue weighted by atomic mass is 16.2. The lowest BCUT2D eigenvalue weighted by Gasteiger charge is -2.27. The number of anilines is 1. The van der Waals surface area contributed by atoms with E-state index in [0.717, 1.165) is 48.9 Å². The van der Waals surface area contributed by atoms with Crippen molar-refractivity contribution in [2.45, 2.75) is 34.2 Å². The van der Waals surface area contributed by atoms with Crippen LogP contribution in [-0.4, -0.2) is 46.4 Å². The zero-order valence-electron chi connectivity index (χ0n) is 17.7. The topological polar surface area (TPSA) is 61.7 Å². The Labute approximate surface area is 171 Å². The summed E-state index contributed by atoms with van der Waals surface area (Å²) in [6.07, 6.45) is 1.93. The number of hydrogen-bond acceptors (Lipinski definition) is 4. The summed E-state index contributed by atoms with van der Waals surface area (Å²) in [7, 11) is 0. The Morgan fingerprint density at radius 1 is 1.14 bits per heavy atom. The molecule has 0 aliphatic carbocycles. The van der Waals surface area contributed by atoms with E-state index in [9.17, 15) is 4.79 Å². The number of hydrogen-bond donors (Lipinski definition) is 2. The number of rotatable bonds is 4. The minimum absolute atomic E-state index is 0.0780. The van der Waals surface area contributed by atoms with E-state index >= 15 is 0 Å². The number of amides is 1. The molecule has 0 bridgehead atoms. The van der Waals surface area contributed by atoms with E-state index < -0.39 is 0 Å². The lowest BCUT2D eigenvalue weighted by Crippen LogP contribution is -2.46. The van der Waals surface area contributed by atoms with Crippen LogP contribution >= 0.6 is 0 Å². The molecule has 1 amide bonds. The summed E-state index contributed by atoms with van der Waals surface area (Å²) in [6.45, 7) is 12.2. The summed E-state index contributed by atoms with van der Waals surface area (Å²) in [5.41, 5.74) is 8.30. The van der Waals surface area contributed by atoms with Gasteiger partial charge in [0.05, 0.1) is 16.9 Å². The van der Waals surface area contributed by atoms with Gasteiger partial charge in [0.2, 0.25) is 0 Å². The van der Waals surface area contributed by atoms with Crippen LogP contribution in [0.1, 0.15) is 38.4 Å². The Kier molecular flexibility index (Phi) is 5.28. The van der Waals surface area contributed by atoms with Crippen molar-refractivity contribution in [2.24, 2.45) is 0 Å². The molecule has 1 aliphatic heterocycles. The van der Waals surface area contributed by atoms with Gasteiger partial charge in [0.1, 0.15) is 0 Å². The molecule has 1 aromatic carbocycles. The lowest BCUT2D eigenvalue weighted by atomic mass is 10.0. The van der Waals surface area contributed by atoms with Crippen molar-refractivity contribution in [1.82, 2.24) is 19.6 Å². The molecule has 0 atom stereocenters. The second-order valence-electron chi connectivity index (χ2n) is 7.88. The van der Waals surface area contributed by atoms with E-state index in [1.54, 1.807) is 0 Å². The average Bonchev–Trinajstić information content (AvgIpc) is 3.02. The van der Waals surface area contributed by atoms with Gasteiger partial charge in [-0.15, -0.1) is 0 Å². The van der Waals surface area contributed by atoms with Crippen molar-refractivity contribution in [3.63, 3.8) is 0 Å². The molecule has 1 saturated heterocycles. The number of carbonyl (C=O) groups is 1. The summed E-state index contributed by atoms with van der Waals surface area (Å²) >= 11 is 0. The predicted octanol–water partition coefficient (Wildman–Crippen LogP) is 3.23. The van der Waals surface area contributed by atoms with Gasteiger partial charge in [-0.2, -0.15) is 0 Å². The number of piperazine rings is 1. The highest BCUT2D eigenvalue weighted by molar-refractivity contribution is 5.96. The zero-order valence-corrected chi connectivity index (χ0v) is 17.7. The lowest BCUT2D eigenvalue weighted by molar-refractivity contribution is 0.0735. The number of nitrogens with zero attached hydrogens (tertiary/aromatic N) is 3. The van der Waals surface area contributed by atoms with E-state index in [1.807, 2.05) is 35.4 Å². The van der Waals surface area contributed by atoms with Gasteiger partial charge in [-0.05, 0) is 50.5 Å². The first kappa shape index (κ1) is 19.5. The number of benzene rings is 1. The Balaban J connectivity index is 1.71. The molecule has 3 heterocycles. The van der Waals surface area contributed by atoms with Crippen molar-refractivity contribution in [3.8, 4) is 0 Å². The van der Waals surface area contributed by atoms with Gasteiger partial charge < -0.3 is 19.9 Å². The minimum Gasteiger partial charge on any atom is -0.378 e. The number of aromatic nitrogens is 2. The summed E-state index contributed by atoms with van der Waals surface area (Å²) in [5, 5.41) is 6.86. The van der Waals surface area contributed by atoms with E-state index in [2.05, 4.69) is 42.7 Å². The first-order valence-electron chi connectivity index (χ1n) is 10.2. The molecule has 6 nitrogen and oxygen atoms in total. The van der Waals surface area contributed by atoms with Gasteiger partial charge in [-0.1, -0.05) is 18.2 Å². The third-order valence-electron chi connectivity index (χ3n) is 5.95. The number of pyridine rings is 1. The number of imidazole rings is 1. The van der Waals surface area contributed by atoms with Crippen LogP contribution < -0.4 is 10.6 Å². The third-order valence-corrected chi connectivity index (χ3v) is 5.95. The number of nitrogens with one attached hydrogen (secondary N) is 2. The van der Waals surface area contributed by atoms with E-state index in [4.69, 9.17) is 4.98 Å². The molecule has 29 heavy (non-hydrogen) atoms. The van der Waals surface area contributed by atoms with Gasteiger partial charge in [-0.3, -0.25) is 4.79 Å². The fourth-order valence-electron chi connectivity index (χ4n) is 3.98. The summed E-state index contributed by atoms with van der Waals surface area (Å²) in [6, 6.07) is 8.31. The van der Waals surface area contributed by atoms with Crippen molar-refractivity contribution >= 4 is 17.2 Å². The van der Waals surface area contributed by atoms with E-state index in [0.29, 0.717) is 12.1 Å². The maximum Gasteiger partial charge on any atom is 0.255 e. The van der Waals surface area contributed by atoms with Crippen LogP contribution in [0.4, 0.5) is 5.69 Å². The molecule has 3 aromatic rings. The highest BCUT2D eigenvalue weighted by Gasteiger charge is 2.21. The van der Waals surface area contributed by atoms with Crippen LogP contribution in [0.25, 0.3) is 5.65 Å². The average molecular weight is 392 g/mol. The predicted molar refractivity (Wildman–Crippen MR) is 117 cm³/mol. The first-order valence-corrected chi connectivity index (χ1v) is 10.2. The van der Waals surface area contributed by atoms with E-state index in [1.165, 1.54) is 16.7 Å². The van der Waals surface area contributed by atoms with Crippen LogP contribution in [0.2, 0.25) is 0 Å². The van der Waals surface area contributed by atoms with Crippen LogP contribution in [-0.2, 0) is 6.54 Å². The first-order chi connectivity index (χ1) is 14.0. The van der Waals surface area contributed by atoms with Crippen molar-refractivity contribution in [1.29, 1.82) is 0 Å². The fourth-order valence-corrected chi connectivity index (χ4v) is 3.98. The van der Waals surface area contributed by atoms with Gasteiger partial charge in [0, 0.05) is 44.6 Å². The minimum atomic E-state index is 0.0780. The monoisotopic (exact) mass is 391 g/mol. The zero-order chi connectivity index (χ0) is 20.5. The number of carbonyl (C=O) groups excluding carboxylic acids is 1. The molecule has 4 rings (SSSR count). The van der Waals surface area contributed by atoms with Gasteiger partial charge >= 0.3 is 0 Å². The van der Waals surface area contributed by atoms with Crippen molar-refractivity contribution in [3.05, 3.63) is 64.1 Å². The summed E-state index contributed by atoms with van der Waals surface area (Å²) < 4.78 is 2.04. The Morgan fingerprint density at radius 2 is 1.83 bits per heavy atom. The summed E-state index contributed by atoms with van der Waals surface area (Å²) in [4.78, 5) is 19.8.